The minimum Gasteiger partial charge on any atom is -0.355 e. The molecular formula is C9H12N4OS. The van der Waals surface area contributed by atoms with Gasteiger partial charge in [-0.2, -0.15) is 5.26 Å². The first-order chi connectivity index (χ1) is 7.33. The average Bonchev–Trinajstić information content (AvgIpc) is 2.71. The quantitative estimate of drug-likeness (QED) is 0.682. The third kappa shape index (κ3) is 5.08. The second kappa shape index (κ2) is 6.90. The Morgan fingerprint density at radius 1 is 1.73 bits per heavy atom. The van der Waals surface area contributed by atoms with Crippen molar-refractivity contribution >= 4 is 17.7 Å². The van der Waals surface area contributed by atoms with E-state index in [-0.39, 0.29) is 5.91 Å². The fourth-order valence-electron chi connectivity index (χ4n) is 0.995. The molecule has 0 atom stereocenters. The molecule has 1 rings (SSSR count). The van der Waals surface area contributed by atoms with E-state index >= 15 is 0 Å². The van der Waals surface area contributed by atoms with Gasteiger partial charge in [-0.1, -0.05) is 0 Å². The van der Waals surface area contributed by atoms with Crippen LogP contribution in [0, 0.1) is 11.3 Å². The lowest BCUT2D eigenvalue weighted by molar-refractivity contribution is -0.118. The molecule has 15 heavy (non-hydrogen) atoms. The summed E-state index contributed by atoms with van der Waals surface area (Å²) in [5.74, 6) is 1.51. The molecule has 5 nitrogen and oxygen atoms in total. The number of carbonyl (C=O) groups excluding carboxylic acids is 1. The molecule has 6 heteroatoms. The summed E-state index contributed by atoms with van der Waals surface area (Å²) in [6, 6.07) is 1.97. The lowest BCUT2D eigenvalue weighted by atomic mass is 10.4. The van der Waals surface area contributed by atoms with Crippen LogP contribution in [0.4, 0.5) is 0 Å². The van der Waals surface area contributed by atoms with Crippen LogP contribution in [0.15, 0.2) is 12.4 Å². The molecule has 0 unspecified atom stereocenters. The number of imidazole rings is 1. The summed E-state index contributed by atoms with van der Waals surface area (Å²) in [6.07, 6.45) is 4.13. The zero-order valence-corrected chi connectivity index (χ0v) is 9.01. The maximum absolute atomic E-state index is 11.2. The van der Waals surface area contributed by atoms with Gasteiger partial charge in [0.15, 0.2) is 0 Å². The zero-order valence-electron chi connectivity index (χ0n) is 8.19. The highest BCUT2D eigenvalue weighted by molar-refractivity contribution is 8.00. The standard InChI is InChI=1S/C9H12N4OS/c10-2-6-15-7-9(14)13-3-1-8-11-4-5-12-8/h4-5H,1,3,6-7H2,(H,11,12)(H,13,14). The van der Waals surface area contributed by atoms with Gasteiger partial charge in [0.2, 0.25) is 5.91 Å². The monoisotopic (exact) mass is 224 g/mol. The predicted octanol–water partition coefficient (Wildman–Crippen LogP) is 0.325. The van der Waals surface area contributed by atoms with Gasteiger partial charge in [0.05, 0.1) is 17.6 Å². The van der Waals surface area contributed by atoms with E-state index in [9.17, 15) is 4.79 Å². The summed E-state index contributed by atoms with van der Waals surface area (Å²) in [6.45, 7) is 0.569. The fraction of sp³-hybridized carbons (Fsp3) is 0.444. The number of nitriles is 1. The van der Waals surface area contributed by atoms with Gasteiger partial charge in [0, 0.05) is 25.4 Å². The van der Waals surface area contributed by atoms with Crippen molar-refractivity contribution < 1.29 is 4.79 Å². The predicted molar refractivity (Wildman–Crippen MR) is 58.2 cm³/mol. The first-order valence-corrected chi connectivity index (χ1v) is 5.68. The molecule has 2 N–H and O–H groups in total. The number of hydrogen-bond acceptors (Lipinski definition) is 4. The van der Waals surface area contributed by atoms with Crippen LogP contribution in [0.5, 0.6) is 0 Å². The Bertz CT molecular complexity index is 330. The molecule has 0 aliphatic heterocycles. The lowest BCUT2D eigenvalue weighted by Gasteiger charge is -2.02. The van der Waals surface area contributed by atoms with Crippen LogP contribution >= 0.6 is 11.8 Å². The smallest absolute Gasteiger partial charge is 0.230 e. The van der Waals surface area contributed by atoms with Gasteiger partial charge in [-0.3, -0.25) is 4.79 Å². The Morgan fingerprint density at radius 2 is 2.60 bits per heavy atom. The molecule has 0 saturated heterocycles. The average molecular weight is 224 g/mol. The summed E-state index contributed by atoms with van der Waals surface area (Å²) in [5.41, 5.74) is 0. The van der Waals surface area contributed by atoms with Crippen molar-refractivity contribution in [3.05, 3.63) is 18.2 Å². The number of thioether (sulfide) groups is 1. The number of H-pyrrole nitrogens is 1. The van der Waals surface area contributed by atoms with E-state index in [1.807, 2.05) is 6.07 Å². The molecule has 0 radical (unpaired) electrons. The maximum atomic E-state index is 11.2. The van der Waals surface area contributed by atoms with E-state index < -0.39 is 0 Å². The number of aromatic amines is 1. The van der Waals surface area contributed by atoms with Crippen molar-refractivity contribution in [1.29, 1.82) is 5.26 Å². The van der Waals surface area contributed by atoms with Gasteiger partial charge in [-0.25, -0.2) is 4.98 Å². The van der Waals surface area contributed by atoms with Gasteiger partial charge in [0.25, 0.3) is 0 Å². The fourth-order valence-corrected chi connectivity index (χ4v) is 1.48. The number of carbonyl (C=O) groups is 1. The molecule has 1 aromatic rings. The molecule has 0 aromatic carbocycles. The number of hydrogen-bond donors (Lipinski definition) is 2. The number of rotatable bonds is 6. The number of nitrogens with zero attached hydrogens (tertiary/aromatic N) is 2. The minimum absolute atomic E-state index is 0.0400. The van der Waals surface area contributed by atoms with Gasteiger partial charge in [-0.15, -0.1) is 11.8 Å². The van der Waals surface area contributed by atoms with Crippen molar-refractivity contribution in [3.8, 4) is 6.07 Å². The zero-order chi connectivity index (χ0) is 10.9. The van der Waals surface area contributed by atoms with E-state index in [0.717, 1.165) is 5.82 Å². The number of amides is 1. The van der Waals surface area contributed by atoms with Crippen molar-refractivity contribution in [1.82, 2.24) is 15.3 Å². The molecule has 0 aliphatic rings. The molecule has 1 aromatic heterocycles. The topological polar surface area (TPSA) is 81.6 Å². The molecule has 80 valence electrons. The Kier molecular flexibility index (Phi) is 5.33. The van der Waals surface area contributed by atoms with Crippen LogP contribution < -0.4 is 5.32 Å². The van der Waals surface area contributed by atoms with E-state index in [2.05, 4.69) is 15.3 Å². The minimum atomic E-state index is -0.0400. The second-order valence-corrected chi connectivity index (χ2v) is 3.77. The van der Waals surface area contributed by atoms with Crippen LogP contribution in [-0.2, 0) is 11.2 Å². The summed E-state index contributed by atoms with van der Waals surface area (Å²) in [7, 11) is 0. The van der Waals surface area contributed by atoms with Gasteiger partial charge in [-0.05, 0) is 0 Å². The highest BCUT2D eigenvalue weighted by atomic mass is 32.2. The second-order valence-electron chi connectivity index (χ2n) is 2.79. The SMILES string of the molecule is N#CCSCC(=O)NCCc1ncc[nH]1. The van der Waals surface area contributed by atoms with Crippen molar-refractivity contribution in [2.75, 3.05) is 18.1 Å². The van der Waals surface area contributed by atoms with Crippen LogP contribution in [0.3, 0.4) is 0 Å². The highest BCUT2D eigenvalue weighted by Crippen LogP contribution is 1.96. The molecular weight excluding hydrogens is 212 g/mol. The third-order valence-electron chi connectivity index (χ3n) is 1.64. The Hall–Kier alpha value is -1.48. The normalized spacial score (nSPS) is 9.53. The van der Waals surface area contributed by atoms with Gasteiger partial charge in [0.1, 0.15) is 5.82 Å². The highest BCUT2D eigenvalue weighted by Gasteiger charge is 2.01. The van der Waals surface area contributed by atoms with E-state index in [4.69, 9.17) is 5.26 Å². The molecule has 0 aliphatic carbocycles. The van der Waals surface area contributed by atoms with E-state index in [1.165, 1.54) is 11.8 Å². The van der Waals surface area contributed by atoms with Crippen LogP contribution in [0.2, 0.25) is 0 Å². The molecule has 1 amide bonds. The van der Waals surface area contributed by atoms with Crippen LogP contribution in [0.25, 0.3) is 0 Å². The van der Waals surface area contributed by atoms with Gasteiger partial charge < -0.3 is 10.3 Å². The van der Waals surface area contributed by atoms with Crippen molar-refractivity contribution in [2.45, 2.75) is 6.42 Å². The van der Waals surface area contributed by atoms with E-state index in [0.29, 0.717) is 24.5 Å². The largest absolute Gasteiger partial charge is 0.355 e. The molecule has 0 bridgehead atoms. The number of aromatic nitrogens is 2. The van der Waals surface area contributed by atoms with Crippen LogP contribution in [-0.4, -0.2) is 33.9 Å². The van der Waals surface area contributed by atoms with Crippen LogP contribution in [0.1, 0.15) is 5.82 Å². The first-order valence-electron chi connectivity index (χ1n) is 4.52. The summed E-state index contributed by atoms with van der Waals surface area (Å²) in [5, 5.41) is 11.0. The van der Waals surface area contributed by atoms with Crippen molar-refractivity contribution in [3.63, 3.8) is 0 Å². The third-order valence-corrected chi connectivity index (χ3v) is 2.44. The summed E-state index contributed by atoms with van der Waals surface area (Å²) >= 11 is 1.31. The maximum Gasteiger partial charge on any atom is 0.230 e. The Morgan fingerprint density at radius 3 is 3.27 bits per heavy atom. The molecule has 0 saturated carbocycles. The van der Waals surface area contributed by atoms with E-state index in [1.54, 1.807) is 12.4 Å². The molecule has 0 fully saturated rings. The molecule has 1 heterocycles. The molecule has 0 spiro atoms. The van der Waals surface area contributed by atoms with Gasteiger partial charge >= 0.3 is 0 Å². The number of nitrogens with one attached hydrogen (secondary N) is 2. The Balaban J connectivity index is 2.05. The summed E-state index contributed by atoms with van der Waals surface area (Å²) < 4.78 is 0. The summed E-state index contributed by atoms with van der Waals surface area (Å²) in [4.78, 5) is 18.2. The first kappa shape index (κ1) is 11.6. The lowest BCUT2D eigenvalue weighted by Crippen LogP contribution is -2.27. The Labute approximate surface area is 92.3 Å². The van der Waals surface area contributed by atoms with Crippen molar-refractivity contribution in [2.24, 2.45) is 0 Å².